The summed E-state index contributed by atoms with van der Waals surface area (Å²) in [5.41, 5.74) is 5.37. The number of nitrogens with zero attached hydrogens (tertiary/aromatic N) is 2. The van der Waals surface area contributed by atoms with E-state index in [4.69, 9.17) is 9.47 Å². The van der Waals surface area contributed by atoms with Crippen molar-refractivity contribution in [2.45, 2.75) is 25.3 Å². The van der Waals surface area contributed by atoms with Gasteiger partial charge >= 0.3 is 0 Å². The summed E-state index contributed by atoms with van der Waals surface area (Å²) in [6.45, 7) is 4.69. The molecule has 162 valence electrons. The molecule has 0 fully saturated rings. The van der Waals surface area contributed by atoms with Gasteiger partial charge in [0.25, 0.3) is 0 Å². The molecular formula is C24H27N3O3S. The van der Waals surface area contributed by atoms with Crippen molar-refractivity contribution in [3.8, 4) is 22.8 Å². The molecule has 7 heteroatoms. The van der Waals surface area contributed by atoms with Gasteiger partial charge in [0.2, 0.25) is 5.91 Å². The number of aryl methyl sites for hydroxylation is 2. The fourth-order valence-corrected chi connectivity index (χ4v) is 3.86. The molecule has 0 unspecified atom stereocenters. The van der Waals surface area contributed by atoms with Crippen molar-refractivity contribution in [1.82, 2.24) is 15.5 Å². The second kappa shape index (κ2) is 10.8. The van der Waals surface area contributed by atoms with Gasteiger partial charge in [-0.1, -0.05) is 41.6 Å². The van der Waals surface area contributed by atoms with Crippen molar-refractivity contribution in [2.75, 3.05) is 26.5 Å². The molecule has 0 aliphatic carbocycles. The first-order valence-electron chi connectivity index (χ1n) is 10.0. The topological polar surface area (TPSA) is 73.3 Å². The van der Waals surface area contributed by atoms with E-state index in [1.807, 2.05) is 30.3 Å². The number of nitrogens with one attached hydrogen (secondary N) is 1. The molecule has 3 rings (SSSR count). The van der Waals surface area contributed by atoms with E-state index < -0.39 is 0 Å². The van der Waals surface area contributed by atoms with Gasteiger partial charge in [-0.05, 0) is 55.7 Å². The van der Waals surface area contributed by atoms with Crippen LogP contribution in [0.15, 0.2) is 53.6 Å². The Morgan fingerprint density at radius 2 is 1.77 bits per heavy atom. The highest BCUT2D eigenvalue weighted by Gasteiger charge is 2.08. The van der Waals surface area contributed by atoms with Gasteiger partial charge in [0.1, 0.15) is 5.03 Å². The van der Waals surface area contributed by atoms with Crippen molar-refractivity contribution < 1.29 is 14.3 Å². The number of carbonyl (C=O) groups is 1. The lowest BCUT2D eigenvalue weighted by Gasteiger charge is -2.10. The molecule has 3 aromatic rings. The number of methoxy groups -OCH3 is 2. The van der Waals surface area contributed by atoms with Crippen molar-refractivity contribution in [2.24, 2.45) is 0 Å². The predicted octanol–water partition coefficient (Wildman–Crippen LogP) is 4.23. The molecule has 2 aromatic carbocycles. The molecule has 0 bridgehead atoms. The number of aromatic nitrogens is 2. The number of rotatable bonds is 9. The Morgan fingerprint density at radius 1 is 0.968 bits per heavy atom. The zero-order chi connectivity index (χ0) is 22.2. The second-order valence-electron chi connectivity index (χ2n) is 7.15. The molecule has 0 saturated carbocycles. The molecule has 1 amide bonds. The number of hydrogen-bond acceptors (Lipinski definition) is 6. The maximum absolute atomic E-state index is 12.2. The van der Waals surface area contributed by atoms with E-state index in [0.717, 1.165) is 21.8 Å². The van der Waals surface area contributed by atoms with E-state index in [-0.39, 0.29) is 5.91 Å². The van der Waals surface area contributed by atoms with Gasteiger partial charge < -0.3 is 14.8 Å². The largest absolute Gasteiger partial charge is 0.493 e. The highest BCUT2D eigenvalue weighted by Crippen LogP contribution is 2.27. The zero-order valence-corrected chi connectivity index (χ0v) is 19.1. The van der Waals surface area contributed by atoms with Gasteiger partial charge in [-0.15, -0.1) is 10.2 Å². The zero-order valence-electron chi connectivity index (χ0n) is 18.3. The number of amides is 1. The Morgan fingerprint density at radius 3 is 2.45 bits per heavy atom. The number of thioether (sulfide) groups is 1. The summed E-state index contributed by atoms with van der Waals surface area (Å²) >= 11 is 1.37. The molecule has 1 aromatic heterocycles. The smallest absolute Gasteiger partial charge is 0.230 e. The van der Waals surface area contributed by atoms with Crippen LogP contribution in [0, 0.1) is 13.8 Å². The number of benzene rings is 2. The van der Waals surface area contributed by atoms with Gasteiger partial charge in [0.05, 0.1) is 25.7 Å². The molecule has 0 aliphatic heterocycles. The Bertz CT molecular complexity index is 1040. The van der Waals surface area contributed by atoms with Gasteiger partial charge in [-0.3, -0.25) is 4.79 Å². The monoisotopic (exact) mass is 437 g/mol. The van der Waals surface area contributed by atoms with Crippen molar-refractivity contribution in [3.63, 3.8) is 0 Å². The first-order valence-corrected chi connectivity index (χ1v) is 11.0. The fourth-order valence-electron chi connectivity index (χ4n) is 3.21. The highest BCUT2D eigenvalue weighted by atomic mass is 32.2. The van der Waals surface area contributed by atoms with E-state index in [9.17, 15) is 4.79 Å². The maximum Gasteiger partial charge on any atom is 0.230 e. The fraction of sp³-hybridized carbons (Fsp3) is 0.292. The molecule has 0 saturated heterocycles. The Balaban J connectivity index is 1.46. The average molecular weight is 438 g/mol. The summed E-state index contributed by atoms with van der Waals surface area (Å²) in [5, 5.41) is 12.2. The van der Waals surface area contributed by atoms with Crippen molar-refractivity contribution >= 4 is 17.7 Å². The lowest BCUT2D eigenvalue weighted by atomic mass is 10.0. The minimum absolute atomic E-state index is 0.0364. The molecule has 31 heavy (non-hydrogen) atoms. The van der Waals surface area contributed by atoms with Crippen LogP contribution in [0.1, 0.15) is 16.7 Å². The second-order valence-corrected chi connectivity index (χ2v) is 8.15. The summed E-state index contributed by atoms with van der Waals surface area (Å²) in [6, 6.07) is 15.9. The molecular weight excluding hydrogens is 410 g/mol. The normalized spacial score (nSPS) is 10.6. The third kappa shape index (κ3) is 6.21. The SMILES string of the molecule is COc1ccc(CCNC(=O)CSc2ccc(-c3ccc(C)cc3C)nn2)cc1OC. The van der Waals surface area contributed by atoms with Crippen molar-refractivity contribution in [1.29, 1.82) is 0 Å². The van der Waals surface area contributed by atoms with Crippen LogP contribution in [-0.4, -0.2) is 42.6 Å². The first-order chi connectivity index (χ1) is 15.0. The molecule has 0 radical (unpaired) electrons. The van der Waals surface area contributed by atoms with Crippen LogP contribution < -0.4 is 14.8 Å². The number of hydrogen-bond donors (Lipinski definition) is 1. The minimum Gasteiger partial charge on any atom is -0.493 e. The van der Waals surface area contributed by atoms with E-state index in [1.165, 1.54) is 22.9 Å². The van der Waals surface area contributed by atoms with E-state index in [2.05, 4.69) is 47.6 Å². The van der Waals surface area contributed by atoms with Crippen LogP contribution in [0.4, 0.5) is 0 Å². The van der Waals surface area contributed by atoms with Crippen molar-refractivity contribution in [3.05, 3.63) is 65.2 Å². The van der Waals surface area contributed by atoms with Crippen LogP contribution in [0.25, 0.3) is 11.3 Å². The molecule has 0 aliphatic rings. The van der Waals surface area contributed by atoms with Crippen LogP contribution in [0.3, 0.4) is 0 Å². The lowest BCUT2D eigenvalue weighted by Crippen LogP contribution is -2.27. The van der Waals surface area contributed by atoms with Crippen LogP contribution >= 0.6 is 11.8 Å². The molecule has 0 atom stereocenters. The Kier molecular flexibility index (Phi) is 7.89. The van der Waals surface area contributed by atoms with Gasteiger partial charge in [0.15, 0.2) is 11.5 Å². The number of carbonyl (C=O) groups excluding carboxylic acids is 1. The summed E-state index contributed by atoms with van der Waals surface area (Å²) in [4.78, 5) is 12.2. The van der Waals surface area contributed by atoms with E-state index >= 15 is 0 Å². The summed E-state index contributed by atoms with van der Waals surface area (Å²) in [5.74, 6) is 1.63. The van der Waals surface area contributed by atoms with Gasteiger partial charge in [-0.2, -0.15) is 0 Å². The average Bonchev–Trinajstić information content (AvgIpc) is 2.78. The van der Waals surface area contributed by atoms with E-state index in [1.54, 1.807) is 14.2 Å². The third-order valence-electron chi connectivity index (χ3n) is 4.83. The Hall–Kier alpha value is -3.06. The lowest BCUT2D eigenvalue weighted by molar-refractivity contribution is -0.118. The standard InChI is InChI=1S/C24H27N3O3S/c1-16-5-7-19(17(2)13-16)20-8-10-24(27-26-20)31-15-23(28)25-12-11-18-6-9-21(29-3)22(14-18)30-4/h5-10,13-14H,11-12,15H2,1-4H3,(H,25,28). The summed E-state index contributed by atoms with van der Waals surface area (Å²) in [6.07, 6.45) is 0.709. The van der Waals surface area contributed by atoms with Crippen LogP contribution in [0.2, 0.25) is 0 Å². The quantitative estimate of drug-likeness (QED) is 0.505. The molecule has 1 heterocycles. The van der Waals surface area contributed by atoms with Gasteiger partial charge in [-0.25, -0.2) is 0 Å². The van der Waals surface area contributed by atoms with Gasteiger partial charge in [0, 0.05) is 12.1 Å². The maximum atomic E-state index is 12.2. The third-order valence-corrected chi connectivity index (χ3v) is 5.75. The molecule has 0 spiro atoms. The highest BCUT2D eigenvalue weighted by molar-refractivity contribution is 7.99. The molecule has 1 N–H and O–H groups in total. The minimum atomic E-state index is -0.0364. The predicted molar refractivity (Wildman–Crippen MR) is 124 cm³/mol. The van der Waals surface area contributed by atoms with Crippen LogP contribution in [0.5, 0.6) is 11.5 Å². The summed E-state index contributed by atoms with van der Waals surface area (Å²) < 4.78 is 10.6. The molecule has 6 nitrogen and oxygen atoms in total. The van der Waals surface area contributed by atoms with E-state index in [0.29, 0.717) is 30.2 Å². The summed E-state index contributed by atoms with van der Waals surface area (Å²) in [7, 11) is 3.22. The van der Waals surface area contributed by atoms with Crippen LogP contribution in [-0.2, 0) is 11.2 Å². The number of ether oxygens (including phenoxy) is 2. The first kappa shape index (κ1) is 22.6. The Labute approximate surface area is 187 Å².